The molecule has 0 amide bonds. The quantitative estimate of drug-likeness (QED) is 0.413. The minimum atomic E-state index is -0.724. The average Bonchev–Trinajstić information content (AvgIpc) is 2.22. The van der Waals surface area contributed by atoms with Crippen molar-refractivity contribution in [1.29, 1.82) is 0 Å². The van der Waals surface area contributed by atoms with Gasteiger partial charge in [-0.1, -0.05) is 0 Å². The number of rotatable bonds is 7. The monoisotopic (exact) mass is 371 g/mol. The number of hydrogen-bond acceptors (Lipinski definition) is 10. The third-order valence-corrected chi connectivity index (χ3v) is 1.39. The maximum absolute atomic E-state index is 10.8. The maximum Gasteiger partial charge on any atom is 0.326 e. The molecule has 1 radical (unpaired) electrons. The van der Waals surface area contributed by atoms with E-state index in [-0.39, 0.29) is 59.7 Å². The van der Waals surface area contributed by atoms with Gasteiger partial charge in [0.05, 0.1) is 13.1 Å². The van der Waals surface area contributed by atoms with E-state index in [4.69, 9.17) is 0 Å². The molecule has 12 heteroatoms. The zero-order chi connectivity index (χ0) is 15.7. The molecule has 0 atom stereocenters. The minimum Gasteiger partial charge on any atom is -0.333 e. The van der Waals surface area contributed by atoms with Crippen molar-refractivity contribution in [2.45, 2.75) is 27.7 Å². The van der Waals surface area contributed by atoms with Crippen LogP contribution in [0.1, 0.15) is 27.7 Å². The predicted octanol–water partition coefficient (Wildman–Crippen LogP) is -0.880. The first-order valence-corrected chi connectivity index (χ1v) is 5.50. The molecular formula is C10H16FeN2NaO8. The van der Waals surface area contributed by atoms with Crippen LogP contribution in [0.25, 0.3) is 0 Å². The molecule has 10 nitrogen and oxygen atoms in total. The zero-order valence-electron chi connectivity index (χ0n) is 12.9. The van der Waals surface area contributed by atoms with E-state index in [9.17, 15) is 19.2 Å². The molecule has 0 saturated carbocycles. The van der Waals surface area contributed by atoms with Crippen molar-refractivity contribution in [1.82, 2.24) is 10.5 Å². The average molecular weight is 371 g/mol. The molecule has 0 bridgehead atoms. The molecule has 0 aromatic rings. The van der Waals surface area contributed by atoms with E-state index in [1.807, 2.05) is 0 Å². The molecular weight excluding hydrogens is 355 g/mol. The molecule has 0 aliphatic heterocycles. The van der Waals surface area contributed by atoms with Gasteiger partial charge in [-0.2, -0.15) is 0 Å². The molecule has 0 aliphatic rings. The standard InChI is InChI=1S/C10H16N2O8.Fe.Na/c1-7(13)17-11(18-8(2)14)5-6-12(19-9(3)15)20-10(4)16;;/h5-6H2,1-4H3;;. The Bertz CT molecular complexity index is 327. The van der Waals surface area contributed by atoms with E-state index < -0.39 is 23.9 Å². The van der Waals surface area contributed by atoms with Crippen LogP contribution in [-0.2, 0) is 55.6 Å². The fourth-order valence-corrected chi connectivity index (χ4v) is 0.957. The second-order valence-electron chi connectivity index (χ2n) is 3.44. The van der Waals surface area contributed by atoms with E-state index in [1.165, 1.54) is 0 Å². The first-order valence-electron chi connectivity index (χ1n) is 5.50. The molecule has 0 fully saturated rings. The van der Waals surface area contributed by atoms with Gasteiger partial charge in [-0.25, -0.2) is 0 Å². The zero-order valence-corrected chi connectivity index (χ0v) is 16.0. The minimum absolute atomic E-state index is 0. The van der Waals surface area contributed by atoms with Crippen molar-refractivity contribution in [3.63, 3.8) is 0 Å². The van der Waals surface area contributed by atoms with Crippen molar-refractivity contribution in [2.75, 3.05) is 13.1 Å². The van der Waals surface area contributed by atoms with Gasteiger partial charge in [0, 0.05) is 84.8 Å². The summed E-state index contributed by atoms with van der Waals surface area (Å²) in [6, 6.07) is 0. The molecule has 0 aliphatic carbocycles. The third kappa shape index (κ3) is 15.7. The Hall–Kier alpha value is -0.681. The Morgan fingerprint density at radius 1 is 0.636 bits per heavy atom. The Labute approximate surface area is 159 Å². The second kappa shape index (κ2) is 13.9. The van der Waals surface area contributed by atoms with Gasteiger partial charge in [-0.15, -0.1) is 0 Å². The van der Waals surface area contributed by atoms with Gasteiger partial charge in [0.1, 0.15) is 0 Å². The summed E-state index contributed by atoms with van der Waals surface area (Å²) in [4.78, 5) is 61.4. The van der Waals surface area contributed by atoms with Crippen LogP contribution in [0, 0.1) is 0 Å². The summed E-state index contributed by atoms with van der Waals surface area (Å²) >= 11 is 0. The summed E-state index contributed by atoms with van der Waals surface area (Å²) in [5.41, 5.74) is 0. The van der Waals surface area contributed by atoms with Crippen LogP contribution in [0.4, 0.5) is 0 Å². The van der Waals surface area contributed by atoms with Crippen LogP contribution >= 0.6 is 0 Å². The molecule has 0 saturated heterocycles. The van der Waals surface area contributed by atoms with E-state index >= 15 is 0 Å². The number of carbonyl (C=O) groups is 4. The van der Waals surface area contributed by atoms with Crippen molar-refractivity contribution >= 4 is 53.4 Å². The second-order valence-corrected chi connectivity index (χ2v) is 3.44. The van der Waals surface area contributed by atoms with Crippen LogP contribution in [-0.4, -0.2) is 77.0 Å². The van der Waals surface area contributed by atoms with Crippen LogP contribution in [0.2, 0.25) is 0 Å². The van der Waals surface area contributed by atoms with Gasteiger partial charge in [0.25, 0.3) is 0 Å². The number of nitrogens with zero attached hydrogens (tertiary/aromatic N) is 2. The third-order valence-electron chi connectivity index (χ3n) is 1.39. The van der Waals surface area contributed by atoms with E-state index in [1.54, 1.807) is 0 Å². The van der Waals surface area contributed by atoms with Crippen molar-refractivity contribution in [3.8, 4) is 0 Å². The summed E-state index contributed by atoms with van der Waals surface area (Å²) in [6.45, 7) is 3.97. The number of hydrogen-bond donors (Lipinski definition) is 0. The largest absolute Gasteiger partial charge is 0.333 e. The van der Waals surface area contributed by atoms with Crippen molar-refractivity contribution < 1.29 is 55.6 Å². The topological polar surface area (TPSA) is 112 Å². The van der Waals surface area contributed by atoms with Gasteiger partial charge in [-0.05, 0) is 0 Å². The summed E-state index contributed by atoms with van der Waals surface area (Å²) in [5.74, 6) is -2.90. The summed E-state index contributed by atoms with van der Waals surface area (Å²) in [5, 5.41) is 1.15. The van der Waals surface area contributed by atoms with E-state index in [0.29, 0.717) is 10.5 Å². The molecule has 0 aromatic heterocycles. The summed E-state index contributed by atoms with van der Waals surface area (Å²) in [7, 11) is 0. The summed E-state index contributed by atoms with van der Waals surface area (Å²) in [6.07, 6.45) is 0. The first kappa shape index (κ1) is 26.2. The Kier molecular flexibility index (Phi) is 16.6. The molecule has 0 spiro atoms. The van der Waals surface area contributed by atoms with E-state index in [0.717, 1.165) is 27.7 Å². The maximum atomic E-state index is 10.8. The van der Waals surface area contributed by atoms with Gasteiger partial charge in [-0.3, -0.25) is 19.2 Å². The van der Waals surface area contributed by atoms with Gasteiger partial charge < -0.3 is 19.4 Å². The Morgan fingerprint density at radius 3 is 0.955 bits per heavy atom. The first-order chi connectivity index (χ1) is 9.20. The molecule has 22 heavy (non-hydrogen) atoms. The van der Waals surface area contributed by atoms with Crippen LogP contribution in [0.15, 0.2) is 0 Å². The number of hydroxylamine groups is 4. The number of carbonyl (C=O) groups excluding carboxylic acids is 4. The molecule has 123 valence electrons. The molecule has 0 heterocycles. The predicted molar refractivity (Wildman–Crippen MR) is 66.2 cm³/mol. The molecule has 0 aromatic carbocycles. The van der Waals surface area contributed by atoms with Crippen LogP contribution in [0.3, 0.4) is 0 Å². The normalized spacial score (nSPS) is 9.18. The van der Waals surface area contributed by atoms with Crippen molar-refractivity contribution in [2.24, 2.45) is 0 Å². The SMILES string of the molecule is CC(=O)ON(CCN(OC(C)=O)OC(C)=O)OC(C)=O.[Fe].[Na]. The molecule has 0 N–H and O–H groups in total. The van der Waals surface area contributed by atoms with Gasteiger partial charge >= 0.3 is 23.9 Å². The van der Waals surface area contributed by atoms with Gasteiger partial charge in [0.2, 0.25) is 0 Å². The van der Waals surface area contributed by atoms with Gasteiger partial charge in [0.15, 0.2) is 0 Å². The van der Waals surface area contributed by atoms with E-state index in [2.05, 4.69) is 19.4 Å². The Balaban J connectivity index is -0.00000180. The Morgan fingerprint density at radius 2 is 0.818 bits per heavy atom. The van der Waals surface area contributed by atoms with Crippen LogP contribution < -0.4 is 0 Å². The smallest absolute Gasteiger partial charge is 0.326 e. The van der Waals surface area contributed by atoms with Crippen molar-refractivity contribution in [3.05, 3.63) is 0 Å². The fraction of sp³-hybridized carbons (Fsp3) is 0.600. The van der Waals surface area contributed by atoms with Crippen LogP contribution in [0.5, 0.6) is 0 Å². The molecule has 0 unspecified atom stereocenters. The fourth-order valence-electron chi connectivity index (χ4n) is 0.957. The summed E-state index contributed by atoms with van der Waals surface area (Å²) < 4.78 is 0. The molecule has 0 rings (SSSR count).